The molecule has 0 radical (unpaired) electrons. The first-order valence-electron chi connectivity index (χ1n) is 4.99. The van der Waals surface area contributed by atoms with Crippen molar-refractivity contribution in [3.8, 4) is 0 Å². The Hall–Kier alpha value is -1.82. The monoisotopic (exact) mass is 221 g/mol. The van der Waals surface area contributed by atoms with Gasteiger partial charge in [-0.05, 0) is 34.5 Å². The third kappa shape index (κ3) is 2.40. The zero-order valence-electron chi connectivity index (χ0n) is 8.67. The van der Waals surface area contributed by atoms with Crippen molar-refractivity contribution in [1.29, 1.82) is 0 Å². The molecule has 0 bridgehead atoms. The highest BCUT2D eigenvalue weighted by molar-refractivity contribution is 5.15. The number of hydrogen-bond acceptors (Lipinski definition) is 4. The van der Waals surface area contributed by atoms with E-state index in [2.05, 4.69) is 15.5 Å². The molecule has 0 amide bonds. The van der Waals surface area contributed by atoms with Crippen molar-refractivity contribution in [2.24, 2.45) is 5.73 Å². The van der Waals surface area contributed by atoms with Crippen molar-refractivity contribution >= 4 is 0 Å². The molecule has 84 valence electrons. The van der Waals surface area contributed by atoms with Crippen LogP contribution in [0.4, 0.5) is 4.39 Å². The molecule has 0 saturated heterocycles. The molecule has 2 N–H and O–H groups in total. The molecule has 0 saturated carbocycles. The van der Waals surface area contributed by atoms with Crippen molar-refractivity contribution in [2.75, 3.05) is 0 Å². The second-order valence-corrected chi connectivity index (χ2v) is 3.40. The average Bonchev–Trinajstić information content (AvgIpc) is 2.76. The van der Waals surface area contributed by atoms with Gasteiger partial charge in [-0.3, -0.25) is 0 Å². The standard InChI is InChI=1S/C10H12FN5/c11-9-3-1-8(2-4-9)5-6-16-10(7-12)13-14-15-16/h1-4H,5-7,12H2. The van der Waals surface area contributed by atoms with Crippen LogP contribution < -0.4 is 5.73 Å². The molecule has 6 heteroatoms. The molecule has 16 heavy (non-hydrogen) atoms. The van der Waals surface area contributed by atoms with Crippen LogP contribution in [0, 0.1) is 5.82 Å². The summed E-state index contributed by atoms with van der Waals surface area (Å²) in [5.41, 5.74) is 6.51. The first-order chi connectivity index (χ1) is 7.79. The molecule has 1 aromatic carbocycles. The van der Waals surface area contributed by atoms with Crippen LogP contribution in [0.1, 0.15) is 11.4 Å². The van der Waals surface area contributed by atoms with E-state index in [0.717, 1.165) is 12.0 Å². The summed E-state index contributed by atoms with van der Waals surface area (Å²) >= 11 is 0. The van der Waals surface area contributed by atoms with Crippen molar-refractivity contribution < 1.29 is 4.39 Å². The van der Waals surface area contributed by atoms with Gasteiger partial charge in [-0.2, -0.15) is 0 Å². The normalized spacial score (nSPS) is 10.6. The summed E-state index contributed by atoms with van der Waals surface area (Å²) < 4.78 is 14.3. The van der Waals surface area contributed by atoms with Gasteiger partial charge in [0.2, 0.25) is 0 Å². The zero-order valence-corrected chi connectivity index (χ0v) is 8.67. The van der Waals surface area contributed by atoms with E-state index in [0.29, 0.717) is 18.9 Å². The lowest BCUT2D eigenvalue weighted by atomic mass is 10.1. The van der Waals surface area contributed by atoms with Crippen molar-refractivity contribution in [1.82, 2.24) is 20.2 Å². The number of aromatic nitrogens is 4. The van der Waals surface area contributed by atoms with Crippen LogP contribution in [0.15, 0.2) is 24.3 Å². The second-order valence-electron chi connectivity index (χ2n) is 3.40. The largest absolute Gasteiger partial charge is 0.324 e. The summed E-state index contributed by atoms with van der Waals surface area (Å²) in [7, 11) is 0. The molecule has 0 unspecified atom stereocenters. The highest BCUT2D eigenvalue weighted by atomic mass is 19.1. The summed E-state index contributed by atoms with van der Waals surface area (Å²) in [5.74, 6) is 0.427. The second kappa shape index (κ2) is 4.80. The lowest BCUT2D eigenvalue weighted by Crippen LogP contribution is -2.11. The highest BCUT2D eigenvalue weighted by Gasteiger charge is 2.03. The van der Waals surface area contributed by atoms with E-state index in [1.54, 1.807) is 16.8 Å². The molecule has 0 fully saturated rings. The van der Waals surface area contributed by atoms with Crippen LogP contribution in [0.3, 0.4) is 0 Å². The van der Waals surface area contributed by atoms with E-state index in [1.807, 2.05) is 0 Å². The molecule has 5 nitrogen and oxygen atoms in total. The SMILES string of the molecule is NCc1nnnn1CCc1ccc(F)cc1. The molecule has 1 aromatic heterocycles. The van der Waals surface area contributed by atoms with Crippen LogP contribution in [0.5, 0.6) is 0 Å². The van der Waals surface area contributed by atoms with E-state index in [4.69, 9.17) is 5.73 Å². The first-order valence-corrected chi connectivity index (χ1v) is 4.99. The molecular weight excluding hydrogens is 209 g/mol. The van der Waals surface area contributed by atoms with Crippen molar-refractivity contribution in [2.45, 2.75) is 19.5 Å². The van der Waals surface area contributed by atoms with Gasteiger partial charge in [0.1, 0.15) is 5.82 Å². The summed E-state index contributed by atoms with van der Waals surface area (Å²) in [5, 5.41) is 11.1. The third-order valence-electron chi connectivity index (χ3n) is 2.31. The van der Waals surface area contributed by atoms with Gasteiger partial charge in [0.25, 0.3) is 0 Å². The zero-order chi connectivity index (χ0) is 11.4. The van der Waals surface area contributed by atoms with Gasteiger partial charge < -0.3 is 5.73 Å². The maximum absolute atomic E-state index is 12.7. The predicted octanol–water partition coefficient (Wildman–Crippen LogP) is 0.514. The molecule has 0 aliphatic rings. The summed E-state index contributed by atoms with van der Waals surface area (Å²) in [6.45, 7) is 0.960. The number of aryl methyl sites for hydroxylation is 2. The van der Waals surface area contributed by atoms with E-state index in [-0.39, 0.29) is 5.82 Å². The maximum atomic E-state index is 12.7. The van der Waals surface area contributed by atoms with Gasteiger partial charge in [-0.15, -0.1) is 5.10 Å². The Balaban J connectivity index is 1.99. The lowest BCUT2D eigenvalue weighted by molar-refractivity contribution is 0.563. The topological polar surface area (TPSA) is 69.6 Å². The Labute approximate surface area is 92.1 Å². The molecule has 1 heterocycles. The molecule has 0 aliphatic carbocycles. The Morgan fingerprint density at radius 1 is 1.25 bits per heavy atom. The van der Waals surface area contributed by atoms with Gasteiger partial charge in [-0.25, -0.2) is 9.07 Å². The van der Waals surface area contributed by atoms with Crippen LogP contribution >= 0.6 is 0 Å². The summed E-state index contributed by atoms with van der Waals surface area (Å²) in [4.78, 5) is 0. The molecule has 2 aromatic rings. The molecule has 0 spiro atoms. The van der Waals surface area contributed by atoms with E-state index in [1.165, 1.54) is 12.1 Å². The fraction of sp³-hybridized carbons (Fsp3) is 0.300. The summed E-state index contributed by atoms with van der Waals surface area (Å²) in [6.07, 6.45) is 0.748. The fourth-order valence-corrected chi connectivity index (χ4v) is 1.43. The minimum absolute atomic E-state index is 0.228. The number of tetrazole rings is 1. The first kappa shape index (κ1) is 10.7. The minimum Gasteiger partial charge on any atom is -0.324 e. The number of nitrogens with zero attached hydrogens (tertiary/aromatic N) is 4. The van der Waals surface area contributed by atoms with Gasteiger partial charge in [0, 0.05) is 6.54 Å². The fourth-order valence-electron chi connectivity index (χ4n) is 1.43. The van der Waals surface area contributed by atoms with Crippen LogP contribution in [0.2, 0.25) is 0 Å². The molecule has 2 rings (SSSR count). The average molecular weight is 221 g/mol. The number of nitrogens with two attached hydrogens (primary N) is 1. The van der Waals surface area contributed by atoms with Gasteiger partial charge in [0.15, 0.2) is 5.82 Å². The predicted molar refractivity (Wildman–Crippen MR) is 55.8 cm³/mol. The third-order valence-corrected chi connectivity index (χ3v) is 2.31. The molecule has 0 atom stereocenters. The number of benzene rings is 1. The van der Waals surface area contributed by atoms with Gasteiger partial charge in [-0.1, -0.05) is 12.1 Å². The van der Waals surface area contributed by atoms with Gasteiger partial charge in [0.05, 0.1) is 6.54 Å². The summed E-state index contributed by atoms with van der Waals surface area (Å²) in [6, 6.07) is 6.39. The minimum atomic E-state index is -0.228. The van der Waals surface area contributed by atoms with Gasteiger partial charge >= 0.3 is 0 Å². The van der Waals surface area contributed by atoms with E-state index >= 15 is 0 Å². The lowest BCUT2D eigenvalue weighted by Gasteiger charge is -2.03. The Morgan fingerprint density at radius 3 is 2.69 bits per heavy atom. The van der Waals surface area contributed by atoms with Crippen molar-refractivity contribution in [3.05, 3.63) is 41.5 Å². The number of halogens is 1. The smallest absolute Gasteiger partial charge is 0.164 e. The molecular formula is C10H12FN5. The van der Waals surface area contributed by atoms with Crippen molar-refractivity contribution in [3.63, 3.8) is 0 Å². The highest BCUT2D eigenvalue weighted by Crippen LogP contribution is 2.04. The molecule has 0 aliphatic heterocycles. The van der Waals surface area contributed by atoms with E-state index < -0.39 is 0 Å². The Kier molecular flexibility index (Phi) is 3.21. The maximum Gasteiger partial charge on any atom is 0.164 e. The van der Waals surface area contributed by atoms with Crippen LogP contribution in [-0.4, -0.2) is 20.2 Å². The Morgan fingerprint density at radius 2 is 2.00 bits per heavy atom. The van der Waals surface area contributed by atoms with Crippen LogP contribution in [0.25, 0.3) is 0 Å². The number of hydrogen-bond donors (Lipinski definition) is 1. The van der Waals surface area contributed by atoms with E-state index in [9.17, 15) is 4.39 Å². The Bertz CT molecular complexity index is 450. The quantitative estimate of drug-likeness (QED) is 0.816. The van der Waals surface area contributed by atoms with Crippen LogP contribution in [-0.2, 0) is 19.5 Å². The number of rotatable bonds is 4.